The summed E-state index contributed by atoms with van der Waals surface area (Å²) in [5.74, 6) is 0.404. The number of aromatic nitrogens is 1. The van der Waals surface area contributed by atoms with Gasteiger partial charge >= 0.3 is 0 Å². The monoisotopic (exact) mass is 667 g/mol. The average Bonchev–Trinajstić information content (AvgIpc) is 2.78. The van der Waals surface area contributed by atoms with Gasteiger partial charge in [0.05, 0.1) is 18.9 Å². The third kappa shape index (κ3) is 5.57. The SMILES string of the molecule is O=C(NN=Cc1cc(I)c(OCc2ccc3ccccc3c2)c(I)c1)c1cccnc1Cl. The molecule has 32 heavy (non-hydrogen) atoms. The van der Waals surface area contributed by atoms with Crippen LogP contribution in [0.1, 0.15) is 21.5 Å². The molecule has 4 rings (SSSR count). The number of hydrogen-bond acceptors (Lipinski definition) is 4. The molecule has 0 aliphatic rings. The molecule has 0 bridgehead atoms. The number of ether oxygens (including phenoxy) is 1. The lowest BCUT2D eigenvalue weighted by Gasteiger charge is -2.12. The van der Waals surface area contributed by atoms with Crippen molar-refractivity contribution >= 4 is 79.7 Å². The van der Waals surface area contributed by atoms with Crippen LogP contribution in [0, 0.1) is 7.14 Å². The number of nitrogens with one attached hydrogen (secondary N) is 1. The number of fused-ring (bicyclic) bond motifs is 1. The van der Waals surface area contributed by atoms with Gasteiger partial charge in [0.1, 0.15) is 17.5 Å². The van der Waals surface area contributed by atoms with Crippen LogP contribution >= 0.6 is 56.8 Å². The molecule has 1 heterocycles. The first-order valence-corrected chi connectivity index (χ1v) is 12.1. The molecule has 0 aliphatic carbocycles. The first-order valence-electron chi connectivity index (χ1n) is 9.55. The summed E-state index contributed by atoms with van der Waals surface area (Å²) in [6.07, 6.45) is 3.11. The number of hydrogen-bond donors (Lipinski definition) is 1. The van der Waals surface area contributed by atoms with Crippen molar-refractivity contribution < 1.29 is 9.53 Å². The van der Waals surface area contributed by atoms with Gasteiger partial charge in [0.2, 0.25) is 0 Å². The smallest absolute Gasteiger partial charge is 0.274 e. The first-order chi connectivity index (χ1) is 15.5. The fourth-order valence-electron chi connectivity index (χ4n) is 3.06. The van der Waals surface area contributed by atoms with Gasteiger partial charge in [-0.3, -0.25) is 4.79 Å². The second-order valence-corrected chi connectivity index (χ2v) is 9.51. The Morgan fingerprint density at radius 2 is 1.78 bits per heavy atom. The topological polar surface area (TPSA) is 63.6 Å². The van der Waals surface area contributed by atoms with Gasteiger partial charge in [0.15, 0.2) is 0 Å². The van der Waals surface area contributed by atoms with Crippen LogP contribution in [0.5, 0.6) is 5.75 Å². The Bertz CT molecular complexity index is 1300. The van der Waals surface area contributed by atoms with Crippen LogP contribution in [0.3, 0.4) is 0 Å². The molecular formula is C24H16ClI2N3O2. The maximum atomic E-state index is 12.2. The van der Waals surface area contributed by atoms with Crippen LogP contribution < -0.4 is 10.2 Å². The van der Waals surface area contributed by atoms with Crippen LogP contribution in [0.25, 0.3) is 10.8 Å². The van der Waals surface area contributed by atoms with Crippen LogP contribution in [0.2, 0.25) is 5.15 Å². The van der Waals surface area contributed by atoms with Gasteiger partial charge in [0, 0.05) is 6.20 Å². The molecule has 8 heteroatoms. The van der Waals surface area contributed by atoms with Gasteiger partial charge in [-0.15, -0.1) is 0 Å². The van der Waals surface area contributed by atoms with E-state index in [1.54, 1.807) is 18.3 Å². The van der Waals surface area contributed by atoms with E-state index in [-0.39, 0.29) is 10.7 Å². The minimum absolute atomic E-state index is 0.136. The summed E-state index contributed by atoms with van der Waals surface area (Å²) in [5, 5.41) is 6.58. The van der Waals surface area contributed by atoms with Crippen LogP contribution in [-0.4, -0.2) is 17.1 Å². The van der Waals surface area contributed by atoms with E-state index >= 15 is 0 Å². The minimum atomic E-state index is -0.418. The van der Waals surface area contributed by atoms with Crippen LogP contribution in [0.4, 0.5) is 0 Å². The number of pyridine rings is 1. The maximum absolute atomic E-state index is 12.2. The normalized spacial score (nSPS) is 11.1. The van der Waals surface area contributed by atoms with Crippen molar-refractivity contribution in [1.29, 1.82) is 0 Å². The molecule has 0 radical (unpaired) electrons. The van der Waals surface area contributed by atoms with E-state index in [4.69, 9.17) is 16.3 Å². The Kier molecular flexibility index (Phi) is 7.59. The molecule has 1 N–H and O–H groups in total. The highest BCUT2D eigenvalue weighted by Crippen LogP contribution is 2.29. The van der Waals surface area contributed by atoms with E-state index in [2.05, 4.69) is 91.0 Å². The Labute approximate surface area is 217 Å². The minimum Gasteiger partial charge on any atom is -0.487 e. The summed E-state index contributed by atoms with van der Waals surface area (Å²) in [5.41, 5.74) is 4.70. The van der Waals surface area contributed by atoms with E-state index in [9.17, 15) is 4.79 Å². The Hall–Kier alpha value is -2.24. The van der Waals surface area contributed by atoms with Crippen molar-refractivity contribution in [2.45, 2.75) is 6.61 Å². The van der Waals surface area contributed by atoms with Gasteiger partial charge in [-0.25, -0.2) is 10.4 Å². The number of carbonyl (C=O) groups excluding carboxylic acids is 1. The lowest BCUT2D eigenvalue weighted by Crippen LogP contribution is -2.18. The summed E-state index contributed by atoms with van der Waals surface area (Å²) < 4.78 is 8.03. The number of hydrazone groups is 1. The fourth-order valence-corrected chi connectivity index (χ4v) is 5.39. The largest absolute Gasteiger partial charge is 0.487 e. The first kappa shape index (κ1) is 22.9. The molecule has 0 fully saturated rings. The summed E-state index contributed by atoms with van der Waals surface area (Å²) in [4.78, 5) is 16.1. The lowest BCUT2D eigenvalue weighted by molar-refractivity contribution is 0.0955. The van der Waals surface area contributed by atoms with Crippen molar-refractivity contribution in [2.75, 3.05) is 0 Å². The molecule has 0 unspecified atom stereocenters. The molecular weight excluding hydrogens is 652 g/mol. The number of nitrogens with zero attached hydrogens (tertiary/aromatic N) is 2. The second kappa shape index (κ2) is 10.6. The predicted molar refractivity (Wildman–Crippen MR) is 144 cm³/mol. The summed E-state index contributed by atoms with van der Waals surface area (Å²) >= 11 is 10.4. The molecule has 3 aromatic carbocycles. The molecule has 1 amide bonds. The number of amides is 1. The molecule has 0 spiro atoms. The standard InChI is InChI=1S/C24H16ClI2N3O2/c25-23-19(6-3-9-28-23)24(31)30-29-13-16-11-20(26)22(21(27)12-16)32-14-15-7-8-17-4-1-2-5-18(17)10-15/h1-13H,14H2,(H,30,31). The van der Waals surface area contributed by atoms with Crippen molar-refractivity contribution in [2.24, 2.45) is 5.10 Å². The zero-order valence-corrected chi connectivity index (χ0v) is 21.6. The third-order valence-electron chi connectivity index (χ3n) is 4.60. The molecule has 0 atom stereocenters. The van der Waals surface area contributed by atoms with Crippen LogP contribution in [-0.2, 0) is 6.61 Å². The van der Waals surface area contributed by atoms with Crippen LogP contribution in [0.15, 0.2) is 78.0 Å². The molecule has 5 nitrogen and oxygen atoms in total. The second-order valence-electron chi connectivity index (χ2n) is 6.82. The predicted octanol–water partition coefficient (Wildman–Crippen LogP) is 6.44. The van der Waals surface area contributed by atoms with Crippen molar-refractivity contribution in [1.82, 2.24) is 10.4 Å². The zero-order chi connectivity index (χ0) is 22.5. The van der Waals surface area contributed by atoms with E-state index in [0.717, 1.165) is 24.0 Å². The number of halogens is 3. The van der Waals surface area contributed by atoms with Gasteiger partial charge in [-0.2, -0.15) is 5.10 Å². The van der Waals surface area contributed by atoms with Gasteiger partial charge in [0.25, 0.3) is 5.91 Å². The molecule has 0 saturated carbocycles. The van der Waals surface area contributed by atoms with E-state index in [0.29, 0.717) is 6.61 Å². The van der Waals surface area contributed by atoms with Crippen molar-refractivity contribution in [3.05, 3.63) is 102 Å². The highest BCUT2D eigenvalue weighted by Gasteiger charge is 2.11. The fraction of sp³-hybridized carbons (Fsp3) is 0.0417. The lowest BCUT2D eigenvalue weighted by atomic mass is 10.1. The summed E-state index contributed by atoms with van der Waals surface area (Å²) in [7, 11) is 0. The Balaban J connectivity index is 1.42. The van der Waals surface area contributed by atoms with Crippen molar-refractivity contribution in [3.63, 3.8) is 0 Å². The molecule has 160 valence electrons. The zero-order valence-electron chi connectivity index (χ0n) is 16.6. The summed E-state index contributed by atoms with van der Waals surface area (Å²) in [6.45, 7) is 0.478. The van der Waals surface area contributed by atoms with Gasteiger partial charge in [-0.05, 0) is 97.4 Å². The maximum Gasteiger partial charge on any atom is 0.274 e. The van der Waals surface area contributed by atoms with E-state index in [1.165, 1.54) is 17.0 Å². The summed E-state index contributed by atoms with van der Waals surface area (Å²) in [6, 6.07) is 21.7. The third-order valence-corrected chi connectivity index (χ3v) is 6.50. The Morgan fingerprint density at radius 3 is 2.53 bits per heavy atom. The number of benzene rings is 3. The van der Waals surface area contributed by atoms with E-state index < -0.39 is 5.91 Å². The quantitative estimate of drug-likeness (QED) is 0.112. The van der Waals surface area contributed by atoms with Gasteiger partial charge < -0.3 is 4.74 Å². The number of carbonyl (C=O) groups is 1. The highest BCUT2D eigenvalue weighted by atomic mass is 127. The highest BCUT2D eigenvalue weighted by molar-refractivity contribution is 14.1. The van der Waals surface area contributed by atoms with Crippen molar-refractivity contribution in [3.8, 4) is 5.75 Å². The Morgan fingerprint density at radius 1 is 1.03 bits per heavy atom. The molecule has 4 aromatic rings. The van der Waals surface area contributed by atoms with E-state index in [1.807, 2.05) is 24.3 Å². The number of rotatable bonds is 6. The average molecular weight is 668 g/mol. The van der Waals surface area contributed by atoms with Gasteiger partial charge in [-0.1, -0.05) is 48.0 Å². The molecule has 0 saturated heterocycles. The molecule has 0 aliphatic heterocycles. The molecule has 1 aromatic heterocycles.